The van der Waals surface area contributed by atoms with Crippen molar-refractivity contribution in [1.29, 1.82) is 0 Å². The largest absolute Gasteiger partial charge is 0.492 e. The Bertz CT molecular complexity index is 416. The number of likely N-dealkylation sites (tertiary alicyclic amines) is 1. The predicted molar refractivity (Wildman–Crippen MR) is 78.2 cm³/mol. The Labute approximate surface area is 120 Å². The van der Waals surface area contributed by atoms with Gasteiger partial charge in [0.25, 0.3) is 0 Å². The molecule has 20 heavy (non-hydrogen) atoms. The van der Waals surface area contributed by atoms with Crippen LogP contribution >= 0.6 is 0 Å². The quantitative estimate of drug-likeness (QED) is 0.672. The molecular formula is C14H22BNO4. The molecule has 0 radical (unpaired) electrons. The van der Waals surface area contributed by atoms with E-state index in [2.05, 4.69) is 4.90 Å². The summed E-state index contributed by atoms with van der Waals surface area (Å²) in [6.07, 6.45) is 1.18. The highest BCUT2D eigenvalue weighted by atomic mass is 16.5. The standard InChI is InChI=1S/C14H22BNO4/c1-19-11-12-5-6-16(10-12)7-8-20-14-4-2-3-13(9-14)15(17)18/h2-4,9,12,17-18H,5-8,10-11H2,1H3. The van der Waals surface area contributed by atoms with E-state index in [4.69, 9.17) is 19.5 Å². The zero-order valence-corrected chi connectivity index (χ0v) is 11.9. The summed E-state index contributed by atoms with van der Waals surface area (Å²) in [7, 11) is 0.292. The van der Waals surface area contributed by atoms with Gasteiger partial charge in [-0.25, -0.2) is 0 Å². The predicted octanol–water partition coefficient (Wildman–Crippen LogP) is -0.286. The van der Waals surface area contributed by atoms with E-state index in [-0.39, 0.29) is 0 Å². The molecule has 0 saturated carbocycles. The summed E-state index contributed by atoms with van der Waals surface area (Å²) >= 11 is 0. The molecule has 1 aromatic carbocycles. The van der Waals surface area contributed by atoms with E-state index in [0.717, 1.165) is 26.2 Å². The topological polar surface area (TPSA) is 62.2 Å². The highest BCUT2D eigenvalue weighted by molar-refractivity contribution is 6.58. The van der Waals surface area contributed by atoms with Crippen LogP contribution < -0.4 is 10.2 Å². The molecule has 6 heteroatoms. The lowest BCUT2D eigenvalue weighted by Crippen LogP contribution is -2.30. The first-order valence-electron chi connectivity index (χ1n) is 6.99. The molecule has 110 valence electrons. The average Bonchev–Trinajstić information content (AvgIpc) is 2.87. The van der Waals surface area contributed by atoms with Crippen LogP contribution in [0.25, 0.3) is 0 Å². The van der Waals surface area contributed by atoms with Gasteiger partial charge < -0.3 is 19.5 Å². The van der Waals surface area contributed by atoms with Gasteiger partial charge in [0.15, 0.2) is 0 Å². The lowest BCUT2D eigenvalue weighted by molar-refractivity contribution is 0.150. The van der Waals surface area contributed by atoms with Gasteiger partial charge in [0, 0.05) is 20.2 Å². The first kappa shape index (κ1) is 15.3. The molecule has 0 bridgehead atoms. The number of rotatable bonds is 7. The molecule has 2 rings (SSSR count). The Hall–Kier alpha value is -1.08. The maximum absolute atomic E-state index is 9.11. The Morgan fingerprint density at radius 2 is 2.25 bits per heavy atom. The molecule has 1 aliphatic rings. The van der Waals surface area contributed by atoms with Crippen LogP contribution in [0.1, 0.15) is 6.42 Å². The van der Waals surface area contributed by atoms with Crippen molar-refractivity contribution in [3.05, 3.63) is 24.3 Å². The van der Waals surface area contributed by atoms with E-state index in [1.54, 1.807) is 25.3 Å². The fraction of sp³-hybridized carbons (Fsp3) is 0.571. The van der Waals surface area contributed by atoms with Crippen molar-refractivity contribution in [3.63, 3.8) is 0 Å². The average molecular weight is 279 g/mol. The summed E-state index contributed by atoms with van der Waals surface area (Å²) < 4.78 is 10.8. The Morgan fingerprint density at radius 1 is 1.40 bits per heavy atom. The molecule has 0 aliphatic carbocycles. The van der Waals surface area contributed by atoms with Gasteiger partial charge in [-0.3, -0.25) is 4.90 Å². The number of methoxy groups -OCH3 is 1. The van der Waals surface area contributed by atoms with E-state index in [1.165, 1.54) is 6.42 Å². The van der Waals surface area contributed by atoms with Gasteiger partial charge in [0.1, 0.15) is 12.4 Å². The van der Waals surface area contributed by atoms with Crippen molar-refractivity contribution < 1.29 is 19.5 Å². The van der Waals surface area contributed by atoms with Gasteiger partial charge in [0.05, 0.1) is 6.61 Å². The molecule has 1 unspecified atom stereocenters. The van der Waals surface area contributed by atoms with E-state index < -0.39 is 7.12 Å². The molecule has 0 amide bonds. The fourth-order valence-electron chi connectivity index (χ4n) is 2.55. The molecule has 1 heterocycles. The van der Waals surface area contributed by atoms with Crippen molar-refractivity contribution in [3.8, 4) is 5.75 Å². The van der Waals surface area contributed by atoms with Gasteiger partial charge in [0.2, 0.25) is 0 Å². The van der Waals surface area contributed by atoms with Crippen molar-refractivity contribution in [2.24, 2.45) is 5.92 Å². The van der Waals surface area contributed by atoms with Gasteiger partial charge in [-0.05, 0) is 36.5 Å². The first-order chi connectivity index (χ1) is 9.69. The number of hydrogen-bond acceptors (Lipinski definition) is 5. The van der Waals surface area contributed by atoms with Crippen LogP contribution in [0.5, 0.6) is 5.75 Å². The highest BCUT2D eigenvalue weighted by Gasteiger charge is 2.21. The lowest BCUT2D eigenvalue weighted by atomic mass is 9.80. The highest BCUT2D eigenvalue weighted by Crippen LogP contribution is 2.16. The Kier molecular flexibility index (Phi) is 5.85. The molecule has 1 aromatic rings. The number of hydrogen-bond donors (Lipinski definition) is 2. The second-order valence-corrected chi connectivity index (χ2v) is 5.21. The summed E-state index contributed by atoms with van der Waals surface area (Å²) in [4.78, 5) is 2.37. The molecule has 0 aromatic heterocycles. The smallest absolute Gasteiger partial charge is 0.488 e. The molecule has 2 N–H and O–H groups in total. The molecule has 5 nitrogen and oxygen atoms in total. The summed E-state index contributed by atoms with van der Waals surface area (Å²) in [6, 6.07) is 6.90. The van der Waals surface area contributed by atoms with Crippen LogP contribution in [0.3, 0.4) is 0 Å². The minimum atomic E-state index is -1.45. The van der Waals surface area contributed by atoms with Crippen molar-refractivity contribution in [2.75, 3.05) is 40.0 Å². The first-order valence-corrected chi connectivity index (χ1v) is 6.99. The third-order valence-electron chi connectivity index (χ3n) is 3.60. The van der Waals surface area contributed by atoms with Gasteiger partial charge in [-0.2, -0.15) is 0 Å². The zero-order chi connectivity index (χ0) is 14.4. The van der Waals surface area contributed by atoms with Crippen LogP contribution in [0.15, 0.2) is 24.3 Å². The van der Waals surface area contributed by atoms with E-state index >= 15 is 0 Å². The van der Waals surface area contributed by atoms with Crippen LogP contribution in [0, 0.1) is 5.92 Å². The van der Waals surface area contributed by atoms with Crippen LogP contribution in [0.2, 0.25) is 0 Å². The minimum absolute atomic E-state index is 0.448. The van der Waals surface area contributed by atoms with E-state index in [0.29, 0.717) is 23.7 Å². The monoisotopic (exact) mass is 279 g/mol. The van der Waals surface area contributed by atoms with Crippen molar-refractivity contribution in [2.45, 2.75) is 6.42 Å². The van der Waals surface area contributed by atoms with E-state index in [1.807, 2.05) is 6.07 Å². The van der Waals surface area contributed by atoms with Crippen LogP contribution in [0.4, 0.5) is 0 Å². The molecule has 0 spiro atoms. The maximum atomic E-state index is 9.11. The van der Waals surface area contributed by atoms with Gasteiger partial charge >= 0.3 is 7.12 Å². The summed E-state index contributed by atoms with van der Waals surface area (Å²) in [5.41, 5.74) is 0.448. The summed E-state index contributed by atoms with van der Waals surface area (Å²) in [6.45, 7) is 4.46. The number of nitrogens with zero attached hydrogens (tertiary/aromatic N) is 1. The van der Waals surface area contributed by atoms with Crippen molar-refractivity contribution in [1.82, 2.24) is 4.90 Å². The maximum Gasteiger partial charge on any atom is 0.488 e. The third kappa shape index (κ3) is 4.49. The Morgan fingerprint density at radius 3 is 3.00 bits per heavy atom. The Balaban J connectivity index is 1.72. The van der Waals surface area contributed by atoms with Crippen LogP contribution in [-0.2, 0) is 4.74 Å². The molecule has 1 saturated heterocycles. The van der Waals surface area contributed by atoms with Crippen LogP contribution in [-0.4, -0.2) is 62.0 Å². The molecule has 1 fully saturated rings. The normalized spacial score (nSPS) is 19.2. The van der Waals surface area contributed by atoms with E-state index in [9.17, 15) is 0 Å². The fourth-order valence-corrected chi connectivity index (χ4v) is 2.55. The summed E-state index contributed by atoms with van der Waals surface area (Å²) in [5, 5.41) is 18.2. The third-order valence-corrected chi connectivity index (χ3v) is 3.60. The SMILES string of the molecule is COCC1CCN(CCOc2cccc(B(O)O)c2)C1. The summed E-state index contributed by atoms with van der Waals surface area (Å²) in [5.74, 6) is 1.30. The number of benzene rings is 1. The van der Waals surface area contributed by atoms with Crippen molar-refractivity contribution >= 4 is 12.6 Å². The number of ether oxygens (including phenoxy) is 2. The zero-order valence-electron chi connectivity index (χ0n) is 11.9. The second-order valence-electron chi connectivity index (χ2n) is 5.21. The molecular weight excluding hydrogens is 257 g/mol. The molecule has 1 atom stereocenters. The molecule has 1 aliphatic heterocycles. The van der Waals surface area contributed by atoms with Gasteiger partial charge in [-0.1, -0.05) is 12.1 Å². The minimum Gasteiger partial charge on any atom is -0.492 e. The van der Waals surface area contributed by atoms with Gasteiger partial charge in [-0.15, -0.1) is 0 Å². The lowest BCUT2D eigenvalue weighted by Gasteiger charge is -2.16. The second kappa shape index (κ2) is 7.64.